The molecule has 0 bridgehead atoms. The Hall–Kier alpha value is -3.75. The summed E-state index contributed by atoms with van der Waals surface area (Å²) >= 11 is 0. The average Bonchev–Trinajstić information content (AvgIpc) is 2.75. The quantitative estimate of drug-likeness (QED) is 0.130. The van der Waals surface area contributed by atoms with Crippen LogP contribution in [-0.4, -0.2) is 86.4 Å². The third-order valence-electron chi connectivity index (χ3n) is 4.87. The van der Waals surface area contributed by atoms with Gasteiger partial charge in [0.05, 0.1) is 24.7 Å². The highest BCUT2D eigenvalue weighted by atomic mass is 16.4. The van der Waals surface area contributed by atoms with Crippen molar-refractivity contribution < 1.29 is 44.4 Å². The molecule has 0 saturated carbocycles. The maximum absolute atomic E-state index is 12.7. The van der Waals surface area contributed by atoms with Crippen molar-refractivity contribution in [3.8, 4) is 5.75 Å². The maximum atomic E-state index is 12.7. The normalized spacial score (nSPS) is 16.0. The van der Waals surface area contributed by atoms with E-state index in [0.717, 1.165) is 0 Å². The van der Waals surface area contributed by atoms with Crippen LogP contribution in [0.1, 0.15) is 25.8 Å². The maximum Gasteiger partial charge on any atom is 0.326 e. The Balaban J connectivity index is 2.94. The van der Waals surface area contributed by atoms with Crippen LogP contribution < -0.4 is 27.4 Å². The van der Waals surface area contributed by atoms with Crippen molar-refractivity contribution in [3.63, 3.8) is 0 Å². The van der Waals surface area contributed by atoms with Gasteiger partial charge >= 0.3 is 5.97 Å². The third kappa shape index (κ3) is 9.56. The summed E-state index contributed by atoms with van der Waals surface area (Å²) in [5.41, 5.74) is 11.0. The van der Waals surface area contributed by atoms with Crippen LogP contribution in [0.15, 0.2) is 24.3 Å². The number of aromatic hydroxyl groups is 1. The lowest BCUT2D eigenvalue weighted by Gasteiger charge is -2.27. The Morgan fingerprint density at radius 3 is 1.74 bits per heavy atom. The lowest BCUT2D eigenvalue weighted by molar-refractivity contribution is -0.143. The van der Waals surface area contributed by atoms with Crippen molar-refractivity contribution in [1.82, 2.24) is 16.0 Å². The first-order valence-electron chi connectivity index (χ1n) is 10.5. The zero-order chi connectivity index (χ0) is 26.9. The molecule has 0 heterocycles. The van der Waals surface area contributed by atoms with Gasteiger partial charge in [-0.05, 0) is 31.5 Å². The van der Waals surface area contributed by atoms with Crippen LogP contribution in [0.4, 0.5) is 0 Å². The highest BCUT2D eigenvalue weighted by Gasteiger charge is 2.34. The summed E-state index contributed by atoms with van der Waals surface area (Å²) in [7, 11) is 0. The second kappa shape index (κ2) is 13.2. The minimum atomic E-state index is -1.65. The summed E-state index contributed by atoms with van der Waals surface area (Å²) in [6, 6.07) is -0.500. The zero-order valence-electron chi connectivity index (χ0n) is 19.2. The molecule has 0 spiro atoms. The molecule has 14 heteroatoms. The number of aliphatic carboxylic acids is 1. The zero-order valence-corrected chi connectivity index (χ0v) is 19.2. The number of rotatable bonds is 13. The molecule has 0 saturated heterocycles. The summed E-state index contributed by atoms with van der Waals surface area (Å²) in [5, 5.41) is 45.3. The Kier molecular flexibility index (Phi) is 11.1. The second-order valence-corrected chi connectivity index (χ2v) is 8.00. The number of phenols is 1. The molecule has 0 radical (unpaired) electrons. The number of carboxylic acid groups (broad SMARTS) is 1. The standard InChI is InChI=1S/C21H31N5O9/c1-9(27)16(19(32)24-14(21(34)35)7-11-3-5-12(29)6-4-11)26-20(33)17(10(2)28)25-18(31)13(22)8-15(23)30/h3-6,9-10,13-14,16-17,27-29H,7-8,22H2,1-2H3,(H2,23,30)(H,24,32)(H,25,31)(H,26,33)(H,34,35). The number of carboxylic acids is 1. The van der Waals surface area contributed by atoms with Gasteiger partial charge in [0, 0.05) is 6.42 Å². The third-order valence-corrected chi connectivity index (χ3v) is 4.87. The number of nitrogens with two attached hydrogens (primary N) is 2. The average molecular weight is 498 g/mol. The van der Waals surface area contributed by atoms with E-state index in [2.05, 4.69) is 16.0 Å². The van der Waals surface area contributed by atoms with Gasteiger partial charge < -0.3 is 47.8 Å². The topological polar surface area (TPSA) is 254 Å². The van der Waals surface area contributed by atoms with Gasteiger partial charge in [0.15, 0.2) is 0 Å². The minimum Gasteiger partial charge on any atom is -0.508 e. The van der Waals surface area contributed by atoms with Gasteiger partial charge in [0.25, 0.3) is 0 Å². The van der Waals surface area contributed by atoms with Crippen LogP contribution in [0.3, 0.4) is 0 Å². The van der Waals surface area contributed by atoms with E-state index >= 15 is 0 Å². The van der Waals surface area contributed by atoms with Gasteiger partial charge in [-0.15, -0.1) is 0 Å². The molecular formula is C21H31N5O9. The SMILES string of the molecule is CC(O)C(NC(=O)C(N)CC(N)=O)C(=O)NC(C(=O)NC(Cc1ccc(O)cc1)C(=O)O)C(C)O. The van der Waals surface area contributed by atoms with E-state index in [1.165, 1.54) is 38.1 Å². The molecule has 1 aromatic rings. The Morgan fingerprint density at radius 1 is 0.857 bits per heavy atom. The fourth-order valence-electron chi connectivity index (χ4n) is 2.95. The molecule has 1 rings (SSSR count). The number of carbonyl (C=O) groups is 5. The monoisotopic (exact) mass is 497 g/mol. The number of aliphatic hydroxyl groups is 2. The molecule has 4 amide bonds. The van der Waals surface area contributed by atoms with E-state index < -0.39 is 72.4 Å². The molecule has 0 aromatic heterocycles. The molecule has 35 heavy (non-hydrogen) atoms. The number of phenolic OH excluding ortho intramolecular Hbond substituents is 1. The number of hydrogen-bond donors (Lipinski definition) is 9. The molecule has 194 valence electrons. The largest absolute Gasteiger partial charge is 0.508 e. The van der Waals surface area contributed by atoms with Crippen LogP contribution >= 0.6 is 0 Å². The van der Waals surface area contributed by atoms with Gasteiger partial charge in [0.2, 0.25) is 23.6 Å². The van der Waals surface area contributed by atoms with E-state index in [1.54, 1.807) is 0 Å². The number of carbonyl (C=O) groups excluding carboxylic acids is 4. The van der Waals surface area contributed by atoms with Gasteiger partial charge in [-0.25, -0.2) is 4.79 Å². The Bertz CT molecular complexity index is 920. The number of benzene rings is 1. The first-order valence-corrected chi connectivity index (χ1v) is 10.5. The number of primary amides is 1. The van der Waals surface area contributed by atoms with Gasteiger partial charge in [-0.1, -0.05) is 12.1 Å². The highest BCUT2D eigenvalue weighted by molar-refractivity contribution is 5.95. The summed E-state index contributed by atoms with van der Waals surface area (Å²) in [6.07, 6.45) is -3.65. The Morgan fingerprint density at radius 2 is 1.31 bits per heavy atom. The highest BCUT2D eigenvalue weighted by Crippen LogP contribution is 2.12. The number of hydrogen-bond acceptors (Lipinski definition) is 9. The van der Waals surface area contributed by atoms with Crippen LogP contribution in [-0.2, 0) is 30.4 Å². The molecule has 0 aliphatic carbocycles. The van der Waals surface area contributed by atoms with Crippen LogP contribution in [0.5, 0.6) is 5.75 Å². The predicted molar refractivity (Wildman–Crippen MR) is 120 cm³/mol. The van der Waals surface area contributed by atoms with Gasteiger partial charge in [0.1, 0.15) is 23.9 Å². The molecule has 14 nitrogen and oxygen atoms in total. The second-order valence-electron chi connectivity index (χ2n) is 8.00. The summed E-state index contributed by atoms with van der Waals surface area (Å²) < 4.78 is 0. The van der Waals surface area contributed by atoms with E-state index in [1.807, 2.05) is 0 Å². The molecule has 6 unspecified atom stereocenters. The number of aliphatic hydroxyl groups excluding tert-OH is 2. The fourth-order valence-corrected chi connectivity index (χ4v) is 2.95. The van der Waals surface area contributed by atoms with Gasteiger partial charge in [-0.3, -0.25) is 19.2 Å². The van der Waals surface area contributed by atoms with E-state index in [4.69, 9.17) is 11.5 Å². The first kappa shape index (κ1) is 29.3. The van der Waals surface area contributed by atoms with Crippen molar-refractivity contribution >= 4 is 29.6 Å². The summed E-state index contributed by atoms with van der Waals surface area (Å²) in [5.74, 6) is -5.37. The van der Waals surface area contributed by atoms with Crippen molar-refractivity contribution in [2.75, 3.05) is 0 Å². The number of nitrogens with one attached hydrogen (secondary N) is 3. The fraction of sp³-hybridized carbons (Fsp3) is 0.476. The minimum absolute atomic E-state index is 0.0307. The molecular weight excluding hydrogens is 466 g/mol. The Labute approximate surface area is 200 Å². The van der Waals surface area contributed by atoms with Crippen molar-refractivity contribution in [1.29, 1.82) is 0 Å². The van der Waals surface area contributed by atoms with Crippen LogP contribution in [0.25, 0.3) is 0 Å². The molecule has 0 fully saturated rings. The summed E-state index contributed by atoms with van der Waals surface area (Å²) in [4.78, 5) is 60.1. The molecule has 6 atom stereocenters. The van der Waals surface area contributed by atoms with Crippen molar-refractivity contribution in [2.45, 2.75) is 63.1 Å². The van der Waals surface area contributed by atoms with Crippen molar-refractivity contribution in [3.05, 3.63) is 29.8 Å². The molecule has 0 aliphatic heterocycles. The molecule has 0 aliphatic rings. The lowest BCUT2D eigenvalue weighted by Crippen LogP contribution is -2.62. The van der Waals surface area contributed by atoms with E-state index in [9.17, 15) is 44.4 Å². The van der Waals surface area contributed by atoms with Gasteiger partial charge in [-0.2, -0.15) is 0 Å². The molecule has 11 N–H and O–H groups in total. The van der Waals surface area contributed by atoms with Crippen LogP contribution in [0.2, 0.25) is 0 Å². The number of amides is 4. The lowest BCUT2D eigenvalue weighted by atomic mass is 10.0. The van der Waals surface area contributed by atoms with E-state index in [0.29, 0.717) is 5.56 Å². The smallest absolute Gasteiger partial charge is 0.326 e. The summed E-state index contributed by atoms with van der Waals surface area (Å²) in [6.45, 7) is 2.33. The van der Waals surface area contributed by atoms with E-state index in [-0.39, 0.29) is 12.2 Å². The van der Waals surface area contributed by atoms with Crippen LogP contribution in [0, 0.1) is 0 Å². The molecule has 1 aromatic carbocycles. The predicted octanol–water partition coefficient (Wildman–Crippen LogP) is -3.56. The van der Waals surface area contributed by atoms with Crippen molar-refractivity contribution in [2.24, 2.45) is 11.5 Å². The first-order chi connectivity index (χ1) is 16.2.